The first-order valence-electron chi connectivity index (χ1n) is 6.40. The van der Waals surface area contributed by atoms with Gasteiger partial charge in [0.05, 0.1) is 0 Å². The Kier molecular flexibility index (Phi) is 4.97. The zero-order chi connectivity index (χ0) is 10.6. The van der Waals surface area contributed by atoms with Gasteiger partial charge in [-0.2, -0.15) is 0 Å². The van der Waals surface area contributed by atoms with Crippen molar-refractivity contribution < 1.29 is 3.79 Å². The van der Waals surface area contributed by atoms with E-state index in [4.69, 9.17) is 3.79 Å². The first kappa shape index (κ1) is 12.6. The number of hydrogen-bond donors (Lipinski definition) is 0. The zero-order valence-electron chi connectivity index (χ0n) is 10.3. The summed E-state index contributed by atoms with van der Waals surface area (Å²) in [5, 5.41) is 2.73. The average molecular weight is 212 g/mol. The molecule has 0 aromatic rings. The second-order valence-electron chi connectivity index (χ2n) is 4.60. The van der Waals surface area contributed by atoms with Crippen molar-refractivity contribution in [3.05, 3.63) is 0 Å². The Bertz CT molecular complexity index is 166. The van der Waals surface area contributed by atoms with Gasteiger partial charge in [-0.3, -0.25) is 0 Å². The molecule has 1 unspecified atom stereocenters. The van der Waals surface area contributed by atoms with Gasteiger partial charge in [0.25, 0.3) is 0 Å². The van der Waals surface area contributed by atoms with Crippen LogP contribution in [-0.4, -0.2) is 20.1 Å². The van der Waals surface area contributed by atoms with Crippen molar-refractivity contribution in [2.24, 2.45) is 5.92 Å². The van der Waals surface area contributed by atoms with Gasteiger partial charge >= 0.3 is 14.5 Å². The summed E-state index contributed by atoms with van der Waals surface area (Å²) in [4.78, 5) is 0. The van der Waals surface area contributed by atoms with Crippen LogP contribution in [0.3, 0.4) is 0 Å². The van der Waals surface area contributed by atoms with Gasteiger partial charge in [-0.1, -0.05) is 51.1 Å². The SMILES string of the molecule is CCC1C[CH2][Al]([CH2]C)[O]C1(CC)CC. The van der Waals surface area contributed by atoms with Crippen LogP contribution in [0, 0.1) is 5.92 Å². The maximum absolute atomic E-state index is 6.46. The molecule has 0 aromatic heterocycles. The summed E-state index contributed by atoms with van der Waals surface area (Å²) >= 11 is -0.818. The van der Waals surface area contributed by atoms with Crippen LogP contribution in [0.15, 0.2) is 0 Å². The molecule has 0 aromatic carbocycles. The molecule has 0 spiro atoms. The van der Waals surface area contributed by atoms with Crippen LogP contribution in [0.1, 0.15) is 53.4 Å². The molecule has 1 rings (SSSR count). The van der Waals surface area contributed by atoms with E-state index in [1.165, 1.54) is 36.2 Å². The second kappa shape index (κ2) is 5.54. The Morgan fingerprint density at radius 1 is 1.21 bits per heavy atom. The fraction of sp³-hybridized carbons (Fsp3) is 1.00. The minimum absolute atomic E-state index is 0.264. The molecule has 82 valence electrons. The van der Waals surface area contributed by atoms with Gasteiger partial charge in [0.15, 0.2) is 0 Å². The van der Waals surface area contributed by atoms with Gasteiger partial charge in [0.2, 0.25) is 0 Å². The van der Waals surface area contributed by atoms with Crippen molar-refractivity contribution in [2.75, 3.05) is 0 Å². The van der Waals surface area contributed by atoms with E-state index in [9.17, 15) is 0 Å². The Hall–Kier alpha value is 0.492. The van der Waals surface area contributed by atoms with Gasteiger partial charge in [0, 0.05) is 5.60 Å². The number of rotatable bonds is 4. The lowest BCUT2D eigenvalue weighted by atomic mass is 9.79. The summed E-state index contributed by atoms with van der Waals surface area (Å²) in [6.07, 6.45) is 5.16. The standard InChI is InChI=1S/C10H20O.C2H5.Al/c1-5-9(6-2)10(11,7-3)8-4;1-2;/h9H,1,5-8H2,2-4H3;1H2,2H3;/q-1;;+1. The molecule has 1 saturated heterocycles. The van der Waals surface area contributed by atoms with Gasteiger partial charge in [-0.15, -0.1) is 0 Å². The lowest BCUT2D eigenvalue weighted by Gasteiger charge is -2.46. The maximum Gasteiger partial charge on any atom is 0.460 e. The maximum atomic E-state index is 6.46. The lowest BCUT2D eigenvalue weighted by Crippen LogP contribution is -2.48. The predicted octanol–water partition coefficient (Wildman–Crippen LogP) is 4.00. The molecule has 0 amide bonds. The molecule has 2 heteroatoms. The van der Waals surface area contributed by atoms with E-state index < -0.39 is 14.5 Å². The third kappa shape index (κ3) is 2.35. The highest BCUT2D eigenvalue weighted by Crippen LogP contribution is 2.40. The Morgan fingerprint density at radius 3 is 2.29 bits per heavy atom. The molecule has 0 N–H and O–H groups in total. The summed E-state index contributed by atoms with van der Waals surface area (Å²) in [5.41, 5.74) is 0.264. The quantitative estimate of drug-likeness (QED) is 0.640. The fourth-order valence-electron chi connectivity index (χ4n) is 2.99. The Labute approximate surface area is 93.9 Å². The van der Waals surface area contributed by atoms with Crippen LogP contribution in [0.5, 0.6) is 0 Å². The zero-order valence-corrected chi connectivity index (χ0v) is 11.5. The van der Waals surface area contributed by atoms with Gasteiger partial charge in [-0.25, -0.2) is 0 Å². The third-order valence-electron chi connectivity index (χ3n) is 4.13. The molecule has 0 aliphatic carbocycles. The molecule has 0 saturated carbocycles. The molecule has 1 aliphatic rings. The van der Waals surface area contributed by atoms with Crippen LogP contribution in [0.2, 0.25) is 10.6 Å². The van der Waals surface area contributed by atoms with Crippen molar-refractivity contribution in [2.45, 2.75) is 69.5 Å². The summed E-state index contributed by atoms with van der Waals surface area (Å²) < 4.78 is 6.46. The summed E-state index contributed by atoms with van der Waals surface area (Å²) in [5.74, 6) is 0.827. The van der Waals surface area contributed by atoms with E-state index in [1.54, 1.807) is 0 Å². The van der Waals surface area contributed by atoms with Crippen molar-refractivity contribution in [3.63, 3.8) is 0 Å². The van der Waals surface area contributed by atoms with Crippen LogP contribution < -0.4 is 0 Å². The molecule has 0 radical (unpaired) electrons. The highest BCUT2D eigenvalue weighted by Gasteiger charge is 2.42. The highest BCUT2D eigenvalue weighted by atomic mass is 27.2. The van der Waals surface area contributed by atoms with E-state index in [-0.39, 0.29) is 5.60 Å². The normalized spacial score (nSPS) is 26.6. The first-order valence-corrected chi connectivity index (χ1v) is 8.50. The van der Waals surface area contributed by atoms with Crippen molar-refractivity contribution >= 4 is 14.5 Å². The van der Waals surface area contributed by atoms with Crippen LogP contribution in [0.4, 0.5) is 0 Å². The van der Waals surface area contributed by atoms with Crippen molar-refractivity contribution in [1.29, 1.82) is 0 Å². The topological polar surface area (TPSA) is 9.23 Å². The molecule has 1 atom stereocenters. The Balaban J connectivity index is 2.72. The van der Waals surface area contributed by atoms with Gasteiger partial charge < -0.3 is 3.79 Å². The minimum atomic E-state index is -0.818. The van der Waals surface area contributed by atoms with Crippen LogP contribution in [0.25, 0.3) is 0 Å². The Morgan fingerprint density at radius 2 is 1.86 bits per heavy atom. The summed E-state index contributed by atoms with van der Waals surface area (Å²) in [7, 11) is 0. The van der Waals surface area contributed by atoms with Crippen LogP contribution in [-0.2, 0) is 3.79 Å². The fourth-order valence-corrected chi connectivity index (χ4v) is 5.65. The van der Waals surface area contributed by atoms with Crippen molar-refractivity contribution in [3.8, 4) is 0 Å². The molecular weight excluding hydrogens is 187 g/mol. The van der Waals surface area contributed by atoms with E-state index >= 15 is 0 Å². The molecule has 1 aliphatic heterocycles. The van der Waals surface area contributed by atoms with E-state index in [2.05, 4.69) is 27.7 Å². The van der Waals surface area contributed by atoms with E-state index in [0.29, 0.717) is 0 Å². The minimum Gasteiger partial charge on any atom is -0.496 e. The van der Waals surface area contributed by atoms with Crippen molar-refractivity contribution in [1.82, 2.24) is 0 Å². The first-order chi connectivity index (χ1) is 6.72. The van der Waals surface area contributed by atoms with E-state index in [1.807, 2.05) is 0 Å². The largest absolute Gasteiger partial charge is 0.496 e. The molecule has 0 bridgehead atoms. The van der Waals surface area contributed by atoms with Gasteiger partial charge in [0.1, 0.15) is 0 Å². The smallest absolute Gasteiger partial charge is 0.460 e. The second-order valence-corrected chi connectivity index (χ2v) is 7.48. The van der Waals surface area contributed by atoms with Crippen LogP contribution >= 0.6 is 0 Å². The highest BCUT2D eigenvalue weighted by molar-refractivity contribution is 6.52. The molecule has 1 nitrogen and oxygen atoms in total. The monoisotopic (exact) mass is 212 g/mol. The average Bonchev–Trinajstić information content (AvgIpc) is 2.27. The molecule has 1 heterocycles. The number of hydrogen-bond acceptors (Lipinski definition) is 1. The van der Waals surface area contributed by atoms with Gasteiger partial charge in [-0.05, 0) is 18.8 Å². The summed E-state index contributed by atoms with van der Waals surface area (Å²) in [6.45, 7) is 9.23. The molecular formula is C12H25AlO. The lowest BCUT2D eigenvalue weighted by molar-refractivity contribution is -0.0221. The third-order valence-corrected chi connectivity index (χ3v) is 6.82. The molecule has 1 fully saturated rings. The van der Waals surface area contributed by atoms with E-state index in [0.717, 1.165) is 5.92 Å². The summed E-state index contributed by atoms with van der Waals surface area (Å²) in [6, 6.07) is 0. The predicted molar refractivity (Wildman–Crippen MR) is 63.8 cm³/mol. The molecule has 14 heavy (non-hydrogen) atoms.